The van der Waals surface area contributed by atoms with Crippen molar-refractivity contribution in [1.29, 1.82) is 0 Å². The summed E-state index contributed by atoms with van der Waals surface area (Å²) in [5, 5.41) is 3.14. The van der Waals surface area contributed by atoms with Crippen LogP contribution in [0.4, 0.5) is 8.78 Å². The molecule has 0 unspecified atom stereocenters. The van der Waals surface area contributed by atoms with Gasteiger partial charge in [0.25, 0.3) is 0 Å². The Morgan fingerprint density at radius 2 is 1.81 bits per heavy atom. The van der Waals surface area contributed by atoms with Crippen molar-refractivity contribution in [2.45, 2.75) is 39.3 Å². The molecule has 0 bridgehead atoms. The van der Waals surface area contributed by atoms with Crippen molar-refractivity contribution in [1.82, 2.24) is 5.32 Å². The van der Waals surface area contributed by atoms with Crippen LogP contribution in [0.25, 0.3) is 0 Å². The molecule has 0 spiro atoms. The molecule has 0 atom stereocenters. The first kappa shape index (κ1) is 17.4. The van der Waals surface area contributed by atoms with Crippen molar-refractivity contribution in [3.05, 3.63) is 29.3 Å². The van der Waals surface area contributed by atoms with E-state index in [0.29, 0.717) is 12.1 Å². The lowest BCUT2D eigenvalue weighted by Gasteiger charge is -2.20. The smallest absolute Gasteiger partial charge is 0.308 e. The number of hydrogen-bond donors (Lipinski definition) is 1. The van der Waals surface area contributed by atoms with Gasteiger partial charge in [-0.25, -0.2) is 8.78 Å². The molecular weight excluding hydrogens is 280 g/mol. The van der Waals surface area contributed by atoms with Crippen molar-refractivity contribution < 1.29 is 23.0 Å². The van der Waals surface area contributed by atoms with E-state index in [1.165, 1.54) is 19.2 Å². The van der Waals surface area contributed by atoms with Crippen molar-refractivity contribution in [2.75, 3.05) is 13.7 Å². The van der Waals surface area contributed by atoms with E-state index in [1.54, 1.807) is 0 Å². The van der Waals surface area contributed by atoms with E-state index < -0.39 is 23.4 Å². The predicted molar refractivity (Wildman–Crippen MR) is 75.1 cm³/mol. The number of carbonyl (C=O) groups excluding carboxylic acids is 1. The van der Waals surface area contributed by atoms with Crippen LogP contribution in [0.15, 0.2) is 12.1 Å². The van der Waals surface area contributed by atoms with Crippen LogP contribution in [-0.4, -0.2) is 25.2 Å². The van der Waals surface area contributed by atoms with Crippen molar-refractivity contribution >= 4 is 5.97 Å². The lowest BCUT2D eigenvalue weighted by Crippen LogP contribution is -2.35. The summed E-state index contributed by atoms with van der Waals surface area (Å²) >= 11 is 0. The first-order valence-electron chi connectivity index (χ1n) is 6.65. The maximum absolute atomic E-state index is 13.8. The molecule has 0 radical (unpaired) electrons. The van der Waals surface area contributed by atoms with Crippen molar-refractivity contribution in [2.24, 2.45) is 0 Å². The van der Waals surface area contributed by atoms with Gasteiger partial charge in [-0.2, -0.15) is 0 Å². The van der Waals surface area contributed by atoms with E-state index in [1.807, 2.05) is 20.8 Å². The Balaban J connectivity index is 2.69. The highest BCUT2D eigenvalue weighted by Crippen LogP contribution is 2.23. The number of halogens is 2. The Morgan fingerprint density at radius 1 is 1.24 bits per heavy atom. The molecule has 0 aliphatic carbocycles. The Morgan fingerprint density at radius 3 is 2.29 bits per heavy atom. The minimum Gasteiger partial charge on any atom is -0.487 e. The van der Waals surface area contributed by atoms with Crippen LogP contribution in [-0.2, 0) is 16.1 Å². The zero-order chi connectivity index (χ0) is 16.0. The van der Waals surface area contributed by atoms with Gasteiger partial charge in [0.2, 0.25) is 0 Å². The highest BCUT2D eigenvalue weighted by atomic mass is 19.1. The molecule has 1 aromatic rings. The summed E-state index contributed by atoms with van der Waals surface area (Å²) < 4.78 is 37.0. The summed E-state index contributed by atoms with van der Waals surface area (Å²) in [6.07, 6.45) is -0.0668. The molecule has 4 nitrogen and oxygen atoms in total. The van der Waals surface area contributed by atoms with Gasteiger partial charge in [0.05, 0.1) is 20.1 Å². The molecule has 0 aliphatic heterocycles. The molecule has 0 saturated heterocycles. The quantitative estimate of drug-likeness (QED) is 0.821. The zero-order valence-corrected chi connectivity index (χ0v) is 12.8. The zero-order valence-electron chi connectivity index (χ0n) is 12.8. The topological polar surface area (TPSA) is 47.6 Å². The van der Waals surface area contributed by atoms with Gasteiger partial charge in [-0.1, -0.05) is 0 Å². The summed E-state index contributed by atoms with van der Waals surface area (Å²) in [6, 6.07) is 2.44. The van der Waals surface area contributed by atoms with E-state index in [0.717, 1.165) is 0 Å². The first-order valence-corrected chi connectivity index (χ1v) is 6.65. The fraction of sp³-hybridized carbons (Fsp3) is 0.533. The Hall–Kier alpha value is -1.69. The van der Waals surface area contributed by atoms with Crippen LogP contribution in [0, 0.1) is 11.6 Å². The number of esters is 1. The molecule has 1 rings (SSSR count). The van der Waals surface area contributed by atoms with E-state index in [2.05, 4.69) is 10.1 Å². The molecule has 0 aliphatic rings. The third-order valence-electron chi connectivity index (χ3n) is 2.66. The van der Waals surface area contributed by atoms with Crippen molar-refractivity contribution in [3.8, 4) is 5.75 Å². The number of hydrogen-bond acceptors (Lipinski definition) is 4. The Labute approximate surface area is 123 Å². The van der Waals surface area contributed by atoms with Crippen LogP contribution in [0.3, 0.4) is 0 Å². The normalized spacial score (nSPS) is 11.3. The Kier molecular flexibility index (Phi) is 6.08. The molecule has 0 heterocycles. The summed E-state index contributed by atoms with van der Waals surface area (Å²) in [5.74, 6) is -2.55. The number of carbonyl (C=O) groups is 1. The Bertz CT molecular complexity index is 475. The number of nitrogens with one attached hydrogen (secondary N) is 1. The van der Waals surface area contributed by atoms with Gasteiger partial charge in [0.1, 0.15) is 0 Å². The van der Waals surface area contributed by atoms with Crippen LogP contribution in [0.2, 0.25) is 0 Å². The fourth-order valence-electron chi connectivity index (χ4n) is 1.56. The monoisotopic (exact) mass is 301 g/mol. The number of methoxy groups -OCH3 is 1. The number of benzene rings is 1. The standard InChI is InChI=1S/C15H21F2NO3/c1-15(2,3)18-9-10-7-11(16)14(12(17)8-10)21-6-5-13(19)20-4/h7-8,18H,5-6,9H2,1-4H3. The fourth-order valence-corrected chi connectivity index (χ4v) is 1.56. The molecule has 118 valence electrons. The molecule has 0 saturated carbocycles. The second-order valence-electron chi connectivity index (χ2n) is 5.67. The van der Waals surface area contributed by atoms with E-state index in [4.69, 9.17) is 4.74 Å². The summed E-state index contributed by atoms with van der Waals surface area (Å²) in [6.45, 7) is 6.10. The molecule has 21 heavy (non-hydrogen) atoms. The molecule has 0 aromatic heterocycles. The van der Waals surface area contributed by atoms with Crippen LogP contribution in [0.1, 0.15) is 32.8 Å². The summed E-state index contributed by atoms with van der Waals surface area (Å²) in [5.41, 5.74) is 0.336. The number of rotatable bonds is 6. The van der Waals surface area contributed by atoms with E-state index >= 15 is 0 Å². The molecule has 0 fully saturated rings. The summed E-state index contributed by atoms with van der Waals surface area (Å²) in [7, 11) is 1.24. The average molecular weight is 301 g/mol. The van der Waals surface area contributed by atoms with E-state index in [9.17, 15) is 13.6 Å². The SMILES string of the molecule is COC(=O)CCOc1c(F)cc(CNC(C)(C)C)cc1F. The number of ether oxygens (including phenoxy) is 2. The maximum Gasteiger partial charge on any atom is 0.308 e. The second kappa shape index (κ2) is 7.36. The van der Waals surface area contributed by atoms with Gasteiger partial charge in [-0.3, -0.25) is 4.79 Å². The minimum atomic E-state index is -0.787. The highest BCUT2D eigenvalue weighted by molar-refractivity contribution is 5.69. The molecule has 6 heteroatoms. The van der Waals surface area contributed by atoms with Gasteiger partial charge in [0, 0.05) is 12.1 Å². The predicted octanol–water partition coefficient (Wildman–Crippen LogP) is 2.79. The largest absolute Gasteiger partial charge is 0.487 e. The lowest BCUT2D eigenvalue weighted by atomic mass is 10.1. The van der Waals surface area contributed by atoms with Gasteiger partial charge in [0.15, 0.2) is 17.4 Å². The molecule has 1 N–H and O–H groups in total. The van der Waals surface area contributed by atoms with Gasteiger partial charge >= 0.3 is 5.97 Å². The third-order valence-corrected chi connectivity index (χ3v) is 2.66. The second-order valence-corrected chi connectivity index (χ2v) is 5.67. The molecular formula is C15H21F2NO3. The third kappa shape index (κ3) is 6.08. The van der Waals surface area contributed by atoms with Gasteiger partial charge in [-0.05, 0) is 38.5 Å². The van der Waals surface area contributed by atoms with Crippen LogP contribution >= 0.6 is 0 Å². The maximum atomic E-state index is 13.8. The van der Waals surface area contributed by atoms with Crippen LogP contribution in [0.5, 0.6) is 5.75 Å². The molecule has 0 amide bonds. The summed E-state index contributed by atoms with van der Waals surface area (Å²) in [4.78, 5) is 10.9. The van der Waals surface area contributed by atoms with Crippen LogP contribution < -0.4 is 10.1 Å². The highest BCUT2D eigenvalue weighted by Gasteiger charge is 2.15. The van der Waals surface area contributed by atoms with Crippen molar-refractivity contribution in [3.63, 3.8) is 0 Å². The van der Waals surface area contributed by atoms with E-state index in [-0.39, 0.29) is 18.6 Å². The molecule has 1 aromatic carbocycles. The lowest BCUT2D eigenvalue weighted by molar-refractivity contribution is -0.141. The minimum absolute atomic E-state index is 0.0668. The van der Waals surface area contributed by atoms with Gasteiger partial charge < -0.3 is 14.8 Å². The van der Waals surface area contributed by atoms with Gasteiger partial charge in [-0.15, -0.1) is 0 Å². The first-order chi connectivity index (χ1) is 9.73. The average Bonchev–Trinajstić information content (AvgIpc) is 2.38.